The molecule has 0 unspecified atom stereocenters. The Morgan fingerprint density at radius 2 is 2.10 bits per heavy atom. The van der Waals surface area contributed by atoms with E-state index < -0.39 is 5.82 Å². The maximum atomic E-state index is 13.8. The Morgan fingerprint density at radius 3 is 2.70 bits per heavy atom. The van der Waals surface area contributed by atoms with Crippen molar-refractivity contribution in [1.29, 1.82) is 0 Å². The molecular formula is C15H23FN2O2. The van der Waals surface area contributed by atoms with Crippen molar-refractivity contribution in [3.05, 3.63) is 29.6 Å². The lowest BCUT2D eigenvalue weighted by molar-refractivity contribution is -0.130. The molecule has 0 aliphatic carbocycles. The summed E-state index contributed by atoms with van der Waals surface area (Å²) in [5.41, 5.74) is 0.720. The zero-order valence-corrected chi connectivity index (χ0v) is 12.6. The highest BCUT2D eigenvalue weighted by atomic mass is 19.1. The fraction of sp³-hybridized carbons (Fsp3) is 0.533. The lowest BCUT2D eigenvalue weighted by Gasteiger charge is -2.15. The first-order valence-electron chi connectivity index (χ1n) is 6.73. The molecule has 20 heavy (non-hydrogen) atoms. The number of hydrogen-bond acceptors (Lipinski definition) is 3. The lowest BCUT2D eigenvalue weighted by Crippen LogP contribution is -2.28. The number of benzene rings is 1. The van der Waals surface area contributed by atoms with Gasteiger partial charge in [0.25, 0.3) is 5.91 Å². The third-order valence-corrected chi connectivity index (χ3v) is 2.76. The van der Waals surface area contributed by atoms with E-state index in [2.05, 4.69) is 19.2 Å². The second-order valence-electron chi connectivity index (χ2n) is 5.33. The SMILES string of the molecule is CC(C)CNCc1cccc(F)c1OCC(=O)N(C)C. The summed E-state index contributed by atoms with van der Waals surface area (Å²) < 4.78 is 19.2. The van der Waals surface area contributed by atoms with Gasteiger partial charge in [0.05, 0.1) is 0 Å². The summed E-state index contributed by atoms with van der Waals surface area (Å²) in [6.45, 7) is 5.40. The number of nitrogens with one attached hydrogen (secondary N) is 1. The lowest BCUT2D eigenvalue weighted by atomic mass is 10.1. The Labute approximate surface area is 119 Å². The normalized spacial score (nSPS) is 10.7. The number of para-hydroxylation sites is 1. The second kappa shape index (κ2) is 7.85. The van der Waals surface area contributed by atoms with E-state index in [1.807, 2.05) is 0 Å². The van der Waals surface area contributed by atoms with Gasteiger partial charge in [0.2, 0.25) is 0 Å². The van der Waals surface area contributed by atoms with Crippen molar-refractivity contribution in [3.8, 4) is 5.75 Å². The Kier molecular flexibility index (Phi) is 6.45. The molecule has 0 heterocycles. The number of hydrogen-bond donors (Lipinski definition) is 1. The monoisotopic (exact) mass is 282 g/mol. The summed E-state index contributed by atoms with van der Waals surface area (Å²) in [7, 11) is 3.27. The fourth-order valence-electron chi connectivity index (χ4n) is 1.61. The van der Waals surface area contributed by atoms with Crippen LogP contribution in [-0.2, 0) is 11.3 Å². The van der Waals surface area contributed by atoms with Gasteiger partial charge in [0, 0.05) is 26.2 Å². The Hall–Kier alpha value is -1.62. The van der Waals surface area contributed by atoms with Crippen LogP contribution in [0.5, 0.6) is 5.75 Å². The van der Waals surface area contributed by atoms with Gasteiger partial charge in [-0.05, 0) is 18.5 Å². The molecule has 1 aromatic carbocycles. The van der Waals surface area contributed by atoms with Gasteiger partial charge in [-0.25, -0.2) is 4.39 Å². The summed E-state index contributed by atoms with van der Waals surface area (Å²) in [5, 5.41) is 3.24. The van der Waals surface area contributed by atoms with Crippen LogP contribution >= 0.6 is 0 Å². The summed E-state index contributed by atoms with van der Waals surface area (Å²) in [5.74, 6) is 0.0250. The zero-order chi connectivity index (χ0) is 15.1. The molecule has 1 aromatic rings. The maximum absolute atomic E-state index is 13.8. The summed E-state index contributed by atoms with van der Waals surface area (Å²) in [6, 6.07) is 4.77. The van der Waals surface area contributed by atoms with Crippen LogP contribution in [0.15, 0.2) is 18.2 Å². The highest BCUT2D eigenvalue weighted by Crippen LogP contribution is 2.22. The first kappa shape index (κ1) is 16.4. The van der Waals surface area contributed by atoms with Crippen molar-refractivity contribution in [2.45, 2.75) is 20.4 Å². The van der Waals surface area contributed by atoms with Gasteiger partial charge >= 0.3 is 0 Å². The quantitative estimate of drug-likeness (QED) is 0.832. The smallest absolute Gasteiger partial charge is 0.259 e. The van der Waals surface area contributed by atoms with E-state index in [0.717, 1.165) is 12.1 Å². The van der Waals surface area contributed by atoms with Crippen LogP contribution in [0.4, 0.5) is 4.39 Å². The van der Waals surface area contributed by atoms with Crippen molar-refractivity contribution in [3.63, 3.8) is 0 Å². The number of carbonyl (C=O) groups excluding carboxylic acids is 1. The van der Waals surface area contributed by atoms with E-state index in [1.165, 1.54) is 11.0 Å². The van der Waals surface area contributed by atoms with E-state index in [0.29, 0.717) is 12.5 Å². The highest BCUT2D eigenvalue weighted by molar-refractivity contribution is 5.77. The number of rotatable bonds is 7. The van der Waals surface area contributed by atoms with Crippen LogP contribution in [0.2, 0.25) is 0 Å². The predicted molar refractivity (Wildman–Crippen MR) is 77.1 cm³/mol. The van der Waals surface area contributed by atoms with Gasteiger partial charge in [-0.3, -0.25) is 4.79 Å². The van der Waals surface area contributed by atoms with E-state index in [-0.39, 0.29) is 18.3 Å². The average Bonchev–Trinajstić information content (AvgIpc) is 2.37. The van der Waals surface area contributed by atoms with Gasteiger partial charge in [-0.2, -0.15) is 0 Å². The number of nitrogens with zero attached hydrogens (tertiary/aromatic N) is 1. The van der Waals surface area contributed by atoms with Gasteiger partial charge in [-0.1, -0.05) is 26.0 Å². The Bertz CT molecular complexity index is 447. The van der Waals surface area contributed by atoms with Crippen LogP contribution in [-0.4, -0.2) is 38.1 Å². The molecule has 0 aromatic heterocycles. The molecule has 0 spiro atoms. The molecule has 4 nitrogen and oxygen atoms in total. The first-order chi connectivity index (χ1) is 9.41. The number of carbonyl (C=O) groups is 1. The second-order valence-corrected chi connectivity index (χ2v) is 5.33. The van der Waals surface area contributed by atoms with Crippen molar-refractivity contribution in [1.82, 2.24) is 10.2 Å². The number of likely N-dealkylation sites (N-methyl/N-ethyl adjacent to an activating group) is 1. The Balaban J connectivity index is 2.70. The minimum absolute atomic E-state index is 0.152. The van der Waals surface area contributed by atoms with E-state index in [4.69, 9.17) is 4.74 Å². The summed E-state index contributed by atoms with van der Waals surface area (Å²) >= 11 is 0. The van der Waals surface area contributed by atoms with Crippen LogP contribution in [0, 0.1) is 11.7 Å². The van der Waals surface area contributed by atoms with Crippen LogP contribution < -0.4 is 10.1 Å². The topological polar surface area (TPSA) is 41.6 Å². The molecule has 0 atom stereocenters. The van der Waals surface area contributed by atoms with Crippen molar-refractivity contribution in [2.75, 3.05) is 27.2 Å². The third kappa shape index (κ3) is 5.17. The summed E-state index contributed by atoms with van der Waals surface area (Å²) in [4.78, 5) is 12.9. The van der Waals surface area contributed by atoms with Crippen LogP contribution in [0.25, 0.3) is 0 Å². The molecule has 0 saturated carbocycles. The van der Waals surface area contributed by atoms with Crippen LogP contribution in [0.1, 0.15) is 19.4 Å². The molecule has 0 bridgehead atoms. The molecule has 0 aliphatic rings. The number of halogens is 1. The molecule has 0 fully saturated rings. The fourth-order valence-corrected chi connectivity index (χ4v) is 1.61. The molecule has 1 rings (SSSR count). The van der Waals surface area contributed by atoms with E-state index in [1.54, 1.807) is 26.2 Å². The van der Waals surface area contributed by atoms with Gasteiger partial charge in [0.15, 0.2) is 18.2 Å². The van der Waals surface area contributed by atoms with Crippen molar-refractivity contribution >= 4 is 5.91 Å². The van der Waals surface area contributed by atoms with Gasteiger partial charge < -0.3 is 15.0 Å². The molecule has 1 N–H and O–H groups in total. The van der Waals surface area contributed by atoms with Gasteiger partial charge in [0.1, 0.15) is 0 Å². The standard InChI is InChI=1S/C15H23FN2O2/c1-11(2)8-17-9-12-6-5-7-13(16)15(12)20-10-14(19)18(3)4/h5-7,11,17H,8-10H2,1-4H3. The molecule has 112 valence electrons. The predicted octanol–water partition coefficient (Wildman–Crippen LogP) is 2.04. The summed E-state index contributed by atoms with van der Waals surface area (Å²) in [6.07, 6.45) is 0. The van der Waals surface area contributed by atoms with E-state index >= 15 is 0 Å². The molecule has 1 amide bonds. The highest BCUT2D eigenvalue weighted by Gasteiger charge is 2.12. The minimum atomic E-state index is -0.444. The Morgan fingerprint density at radius 1 is 1.40 bits per heavy atom. The number of ether oxygens (including phenoxy) is 1. The third-order valence-electron chi connectivity index (χ3n) is 2.76. The maximum Gasteiger partial charge on any atom is 0.259 e. The largest absolute Gasteiger partial charge is 0.480 e. The first-order valence-corrected chi connectivity index (χ1v) is 6.73. The molecule has 0 radical (unpaired) electrons. The van der Waals surface area contributed by atoms with Crippen molar-refractivity contribution < 1.29 is 13.9 Å². The molecule has 0 aliphatic heterocycles. The zero-order valence-electron chi connectivity index (χ0n) is 12.6. The average molecular weight is 282 g/mol. The molecular weight excluding hydrogens is 259 g/mol. The van der Waals surface area contributed by atoms with Crippen LogP contribution in [0.3, 0.4) is 0 Å². The number of amides is 1. The van der Waals surface area contributed by atoms with Crippen molar-refractivity contribution in [2.24, 2.45) is 5.92 Å². The molecule has 0 saturated heterocycles. The molecule has 5 heteroatoms. The van der Waals surface area contributed by atoms with E-state index in [9.17, 15) is 9.18 Å². The minimum Gasteiger partial charge on any atom is -0.480 e. The van der Waals surface area contributed by atoms with Gasteiger partial charge in [-0.15, -0.1) is 0 Å².